The highest BCUT2D eigenvalue weighted by Crippen LogP contribution is 2.36. The molecule has 98 valence electrons. The van der Waals surface area contributed by atoms with Crippen LogP contribution in [0, 0.1) is 11.6 Å². The average molecular weight is 277 g/mol. The van der Waals surface area contributed by atoms with Crippen molar-refractivity contribution in [2.24, 2.45) is 0 Å². The van der Waals surface area contributed by atoms with Crippen LogP contribution in [0.15, 0.2) is 47.4 Å². The number of hydrogen-bond acceptors (Lipinski definition) is 2. The molecule has 2 aromatic rings. The third-order valence-corrected chi connectivity index (χ3v) is 4.50. The molecule has 0 aliphatic carbocycles. The summed E-state index contributed by atoms with van der Waals surface area (Å²) in [5, 5.41) is 3.36. The number of fused-ring (bicyclic) bond motifs is 1. The summed E-state index contributed by atoms with van der Waals surface area (Å²) in [6.07, 6.45) is 0.963. The van der Waals surface area contributed by atoms with E-state index >= 15 is 0 Å². The lowest BCUT2D eigenvalue weighted by atomic mass is 10.1. The molecule has 0 bridgehead atoms. The maximum absolute atomic E-state index is 13.5. The van der Waals surface area contributed by atoms with E-state index in [1.165, 1.54) is 16.5 Å². The molecule has 0 amide bonds. The third kappa shape index (κ3) is 2.59. The first-order valence-electron chi connectivity index (χ1n) is 6.16. The average Bonchev–Trinajstić information content (AvgIpc) is 2.83. The summed E-state index contributed by atoms with van der Waals surface area (Å²) in [6, 6.07) is 12.5. The Morgan fingerprint density at radius 2 is 1.95 bits per heavy atom. The van der Waals surface area contributed by atoms with E-state index < -0.39 is 11.6 Å². The lowest BCUT2D eigenvalue weighted by Crippen LogP contribution is -2.16. The van der Waals surface area contributed by atoms with Gasteiger partial charge in [0.15, 0.2) is 11.6 Å². The molecule has 1 unspecified atom stereocenters. The zero-order chi connectivity index (χ0) is 13.2. The summed E-state index contributed by atoms with van der Waals surface area (Å²) in [5.74, 6) is -1.62. The van der Waals surface area contributed by atoms with Crippen LogP contribution in [-0.4, -0.2) is 11.8 Å². The highest BCUT2D eigenvalue weighted by Gasteiger charge is 2.21. The highest BCUT2D eigenvalue weighted by molar-refractivity contribution is 8.00. The molecular weight excluding hydrogens is 264 g/mol. The van der Waals surface area contributed by atoms with Crippen molar-refractivity contribution in [1.82, 2.24) is 0 Å². The Morgan fingerprint density at radius 1 is 1.11 bits per heavy atom. The van der Waals surface area contributed by atoms with Crippen molar-refractivity contribution in [3.63, 3.8) is 0 Å². The van der Waals surface area contributed by atoms with Crippen molar-refractivity contribution < 1.29 is 8.78 Å². The van der Waals surface area contributed by atoms with Gasteiger partial charge in [0.05, 0.1) is 5.69 Å². The van der Waals surface area contributed by atoms with E-state index in [0.717, 1.165) is 12.5 Å². The Balaban J connectivity index is 1.64. The Hall–Kier alpha value is -1.55. The van der Waals surface area contributed by atoms with E-state index in [9.17, 15) is 8.78 Å². The Morgan fingerprint density at radius 3 is 2.79 bits per heavy atom. The second-order valence-electron chi connectivity index (χ2n) is 4.53. The molecule has 4 heteroatoms. The van der Waals surface area contributed by atoms with Gasteiger partial charge in [0, 0.05) is 16.7 Å². The number of benzene rings is 2. The van der Waals surface area contributed by atoms with Crippen molar-refractivity contribution in [2.75, 3.05) is 11.9 Å². The summed E-state index contributed by atoms with van der Waals surface area (Å²) in [5.41, 5.74) is 1.57. The number of nitrogens with one attached hydrogen (secondary N) is 1. The molecule has 0 fully saturated rings. The van der Waals surface area contributed by atoms with E-state index in [1.54, 1.807) is 17.8 Å². The molecule has 1 atom stereocenters. The van der Waals surface area contributed by atoms with Gasteiger partial charge in [0.2, 0.25) is 0 Å². The summed E-state index contributed by atoms with van der Waals surface area (Å²) >= 11 is 1.79. The highest BCUT2D eigenvalue weighted by atomic mass is 32.2. The number of anilines is 1. The van der Waals surface area contributed by atoms with Gasteiger partial charge in [-0.25, -0.2) is 8.78 Å². The molecular formula is C15H13F2NS. The first-order chi connectivity index (χ1) is 9.24. The monoisotopic (exact) mass is 277 g/mol. The summed E-state index contributed by atoms with van der Waals surface area (Å²) in [4.78, 5) is 1.29. The summed E-state index contributed by atoms with van der Waals surface area (Å²) in [6.45, 7) is 0.625. The second-order valence-corrected chi connectivity index (χ2v) is 5.88. The van der Waals surface area contributed by atoms with E-state index in [-0.39, 0.29) is 5.69 Å². The zero-order valence-corrected chi connectivity index (χ0v) is 11.0. The quantitative estimate of drug-likeness (QED) is 0.906. The summed E-state index contributed by atoms with van der Waals surface area (Å²) < 4.78 is 26.6. The van der Waals surface area contributed by atoms with Crippen LogP contribution < -0.4 is 5.32 Å². The third-order valence-electron chi connectivity index (χ3n) is 3.19. The van der Waals surface area contributed by atoms with Crippen LogP contribution in [0.5, 0.6) is 0 Å². The Kier molecular flexibility index (Phi) is 3.42. The number of rotatable bonds is 3. The van der Waals surface area contributed by atoms with Crippen LogP contribution in [-0.2, 0) is 6.42 Å². The van der Waals surface area contributed by atoms with Gasteiger partial charge in [-0.2, -0.15) is 0 Å². The summed E-state index contributed by atoms with van der Waals surface area (Å²) in [7, 11) is 0. The minimum absolute atomic E-state index is 0.233. The maximum Gasteiger partial charge on any atom is 0.181 e. The minimum Gasteiger partial charge on any atom is -0.381 e. The van der Waals surface area contributed by atoms with Gasteiger partial charge in [-0.15, -0.1) is 11.8 Å². The molecule has 1 N–H and O–H groups in total. The predicted octanol–water partition coefficient (Wildman–Crippen LogP) is 4.09. The van der Waals surface area contributed by atoms with Crippen molar-refractivity contribution in [2.45, 2.75) is 16.6 Å². The van der Waals surface area contributed by atoms with Crippen LogP contribution >= 0.6 is 11.8 Å². The molecule has 19 heavy (non-hydrogen) atoms. The van der Waals surface area contributed by atoms with Crippen LogP contribution in [0.25, 0.3) is 0 Å². The smallest absolute Gasteiger partial charge is 0.181 e. The van der Waals surface area contributed by atoms with Crippen LogP contribution in [0.2, 0.25) is 0 Å². The van der Waals surface area contributed by atoms with Gasteiger partial charge in [0.25, 0.3) is 0 Å². The van der Waals surface area contributed by atoms with E-state index in [4.69, 9.17) is 0 Å². The lowest BCUT2D eigenvalue weighted by Gasteiger charge is -2.12. The molecule has 0 spiro atoms. The van der Waals surface area contributed by atoms with Crippen molar-refractivity contribution in [1.29, 1.82) is 0 Å². The van der Waals surface area contributed by atoms with Gasteiger partial charge >= 0.3 is 0 Å². The Bertz CT molecular complexity index is 575. The predicted molar refractivity (Wildman–Crippen MR) is 74.6 cm³/mol. The largest absolute Gasteiger partial charge is 0.381 e. The first kappa shape index (κ1) is 12.5. The van der Waals surface area contributed by atoms with Crippen LogP contribution in [0.4, 0.5) is 14.5 Å². The number of thioether (sulfide) groups is 1. The normalized spacial score (nSPS) is 17.3. The molecule has 1 aliphatic heterocycles. The molecule has 1 heterocycles. The lowest BCUT2D eigenvalue weighted by molar-refractivity contribution is 0.511. The van der Waals surface area contributed by atoms with Crippen LogP contribution in [0.1, 0.15) is 5.56 Å². The van der Waals surface area contributed by atoms with Gasteiger partial charge < -0.3 is 5.32 Å². The molecule has 3 rings (SSSR count). The Labute approximate surface area is 115 Å². The van der Waals surface area contributed by atoms with Crippen LogP contribution in [0.3, 0.4) is 0 Å². The van der Waals surface area contributed by atoms with Gasteiger partial charge in [-0.3, -0.25) is 0 Å². The maximum atomic E-state index is 13.5. The number of hydrogen-bond donors (Lipinski definition) is 1. The SMILES string of the molecule is Fc1cccc(NCC2Cc3ccccc3S2)c1F. The second kappa shape index (κ2) is 5.21. The van der Waals surface area contributed by atoms with E-state index in [2.05, 4.69) is 17.4 Å². The molecule has 1 aliphatic rings. The van der Waals surface area contributed by atoms with Gasteiger partial charge in [0.1, 0.15) is 0 Å². The molecule has 0 aromatic heterocycles. The van der Waals surface area contributed by atoms with E-state index in [0.29, 0.717) is 11.8 Å². The minimum atomic E-state index is -0.813. The van der Waals surface area contributed by atoms with Gasteiger partial charge in [-0.05, 0) is 30.2 Å². The van der Waals surface area contributed by atoms with Crippen molar-refractivity contribution in [3.8, 4) is 0 Å². The molecule has 0 saturated heterocycles. The fourth-order valence-corrected chi connectivity index (χ4v) is 3.48. The van der Waals surface area contributed by atoms with E-state index in [1.807, 2.05) is 12.1 Å². The van der Waals surface area contributed by atoms with Crippen molar-refractivity contribution in [3.05, 3.63) is 59.7 Å². The number of halogens is 2. The fraction of sp³-hybridized carbons (Fsp3) is 0.200. The molecule has 0 radical (unpaired) electrons. The molecule has 1 nitrogen and oxygen atoms in total. The molecule has 2 aromatic carbocycles. The molecule has 0 saturated carbocycles. The fourth-order valence-electron chi connectivity index (χ4n) is 2.23. The first-order valence-corrected chi connectivity index (χ1v) is 7.04. The van der Waals surface area contributed by atoms with Crippen molar-refractivity contribution >= 4 is 17.4 Å². The standard InChI is InChI=1S/C15H13F2NS/c16-12-5-3-6-13(15(12)17)18-9-11-8-10-4-1-2-7-14(10)19-11/h1-7,11,18H,8-9H2. The van der Waals surface area contributed by atoms with Gasteiger partial charge in [-0.1, -0.05) is 24.3 Å². The zero-order valence-electron chi connectivity index (χ0n) is 10.2. The topological polar surface area (TPSA) is 12.0 Å².